The number of hydrogen-bond acceptors (Lipinski definition) is 7. The van der Waals surface area contributed by atoms with Crippen molar-refractivity contribution in [1.29, 1.82) is 0 Å². The fraction of sp³-hybridized carbons (Fsp3) is 0.467. The van der Waals surface area contributed by atoms with Crippen LogP contribution in [0.4, 0.5) is 0 Å². The molecule has 0 unspecified atom stereocenters. The van der Waals surface area contributed by atoms with Gasteiger partial charge >= 0.3 is 0 Å². The fourth-order valence-corrected chi connectivity index (χ4v) is 5.25. The van der Waals surface area contributed by atoms with Crippen LogP contribution in [-0.4, -0.2) is 49.9 Å². The van der Waals surface area contributed by atoms with Crippen molar-refractivity contribution in [1.82, 2.24) is 19.5 Å². The highest BCUT2D eigenvalue weighted by molar-refractivity contribution is 7.17. The first-order valence-corrected chi connectivity index (χ1v) is 9.27. The monoisotopic (exact) mass is 350 g/mol. The van der Waals surface area contributed by atoms with Gasteiger partial charge in [-0.25, -0.2) is 4.98 Å². The van der Waals surface area contributed by atoms with Crippen LogP contribution in [0.3, 0.4) is 0 Å². The predicted octanol–water partition coefficient (Wildman–Crippen LogP) is 2.76. The number of nitrogens with zero attached hydrogens (tertiary/aromatic N) is 4. The molecule has 1 fully saturated rings. The highest BCUT2D eigenvalue weighted by Gasteiger charge is 2.34. The number of thiazole rings is 1. The molecule has 23 heavy (non-hydrogen) atoms. The number of fused-ring (bicyclic) bond motifs is 1. The van der Waals surface area contributed by atoms with E-state index in [9.17, 15) is 5.11 Å². The first-order valence-electron chi connectivity index (χ1n) is 7.57. The summed E-state index contributed by atoms with van der Waals surface area (Å²) >= 11 is 3.20. The van der Waals surface area contributed by atoms with Gasteiger partial charge in [-0.3, -0.25) is 4.90 Å². The molecule has 1 aliphatic heterocycles. The summed E-state index contributed by atoms with van der Waals surface area (Å²) < 4.78 is 7.37. The highest BCUT2D eigenvalue weighted by Crippen LogP contribution is 2.41. The molecule has 1 N–H and O–H groups in total. The number of aromatic hydroxyl groups is 1. The first kappa shape index (κ1) is 15.1. The van der Waals surface area contributed by atoms with E-state index in [4.69, 9.17) is 4.74 Å². The van der Waals surface area contributed by atoms with Crippen molar-refractivity contribution in [2.45, 2.75) is 32.1 Å². The van der Waals surface area contributed by atoms with Crippen LogP contribution < -0.4 is 0 Å². The molecule has 0 amide bonds. The Kier molecular flexibility index (Phi) is 3.84. The zero-order chi connectivity index (χ0) is 16.0. The van der Waals surface area contributed by atoms with Gasteiger partial charge in [0.05, 0.1) is 23.1 Å². The number of morpholine rings is 1. The van der Waals surface area contributed by atoms with Crippen LogP contribution in [0.15, 0.2) is 23.8 Å². The zero-order valence-electron chi connectivity index (χ0n) is 12.9. The molecule has 0 aliphatic carbocycles. The molecule has 6 nitrogen and oxygen atoms in total. The smallest absolute Gasteiger partial charge is 0.230 e. The maximum Gasteiger partial charge on any atom is 0.230 e. The van der Waals surface area contributed by atoms with Gasteiger partial charge in [0.2, 0.25) is 10.8 Å². The molecule has 3 aromatic rings. The second-order valence-corrected chi connectivity index (χ2v) is 7.86. The van der Waals surface area contributed by atoms with Gasteiger partial charge in [0.25, 0.3) is 0 Å². The normalized spacial score (nSPS) is 24.3. The highest BCUT2D eigenvalue weighted by atomic mass is 32.1. The Morgan fingerprint density at radius 1 is 1.35 bits per heavy atom. The summed E-state index contributed by atoms with van der Waals surface area (Å²) in [5.41, 5.74) is 0. The van der Waals surface area contributed by atoms with Crippen molar-refractivity contribution in [3.63, 3.8) is 0 Å². The average Bonchev–Trinajstić information content (AvgIpc) is 3.20. The van der Waals surface area contributed by atoms with E-state index in [1.54, 1.807) is 11.3 Å². The topological polar surface area (TPSA) is 62.9 Å². The van der Waals surface area contributed by atoms with Crippen LogP contribution in [0.1, 0.15) is 29.6 Å². The van der Waals surface area contributed by atoms with E-state index in [1.807, 2.05) is 6.07 Å². The lowest BCUT2D eigenvalue weighted by Gasteiger charge is -2.39. The second kappa shape index (κ2) is 5.86. The molecule has 3 aromatic heterocycles. The van der Waals surface area contributed by atoms with Crippen molar-refractivity contribution in [2.24, 2.45) is 0 Å². The number of aromatic nitrogens is 3. The van der Waals surface area contributed by atoms with Crippen LogP contribution in [0.25, 0.3) is 4.96 Å². The lowest BCUT2D eigenvalue weighted by molar-refractivity contribution is -0.0761. The second-order valence-electron chi connectivity index (χ2n) is 5.87. The van der Waals surface area contributed by atoms with Gasteiger partial charge in [0, 0.05) is 18.0 Å². The van der Waals surface area contributed by atoms with Gasteiger partial charge in [-0.05, 0) is 25.3 Å². The van der Waals surface area contributed by atoms with Crippen LogP contribution in [0.5, 0.6) is 5.88 Å². The maximum absolute atomic E-state index is 10.6. The van der Waals surface area contributed by atoms with Gasteiger partial charge in [-0.1, -0.05) is 17.4 Å². The van der Waals surface area contributed by atoms with Crippen molar-refractivity contribution in [3.8, 4) is 5.88 Å². The minimum Gasteiger partial charge on any atom is -0.492 e. The summed E-state index contributed by atoms with van der Waals surface area (Å²) in [6.45, 7) is 5.85. The first-order chi connectivity index (χ1) is 11.1. The number of thiophene rings is 1. The van der Waals surface area contributed by atoms with Crippen LogP contribution >= 0.6 is 22.7 Å². The molecular weight excluding hydrogens is 332 g/mol. The quantitative estimate of drug-likeness (QED) is 0.787. The molecule has 1 saturated heterocycles. The Morgan fingerprint density at radius 2 is 2.13 bits per heavy atom. The van der Waals surface area contributed by atoms with E-state index in [0.29, 0.717) is 4.96 Å². The third kappa shape index (κ3) is 2.65. The molecular formula is C15H18N4O2S2. The number of hydrogen-bond donors (Lipinski definition) is 1. The fourth-order valence-electron chi connectivity index (χ4n) is 3.22. The number of rotatable bonds is 3. The molecule has 3 atom stereocenters. The van der Waals surface area contributed by atoms with Gasteiger partial charge in [-0.15, -0.1) is 11.3 Å². The molecule has 1 aliphatic rings. The summed E-state index contributed by atoms with van der Waals surface area (Å²) in [5.74, 6) is 0.188. The largest absolute Gasteiger partial charge is 0.492 e. The lowest BCUT2D eigenvalue weighted by atomic mass is 10.1. The van der Waals surface area contributed by atoms with E-state index in [0.717, 1.165) is 18.0 Å². The van der Waals surface area contributed by atoms with Crippen molar-refractivity contribution in [3.05, 3.63) is 33.6 Å². The van der Waals surface area contributed by atoms with E-state index in [-0.39, 0.29) is 24.1 Å². The molecule has 0 aromatic carbocycles. The Morgan fingerprint density at radius 3 is 2.78 bits per heavy atom. The summed E-state index contributed by atoms with van der Waals surface area (Å²) in [4.78, 5) is 9.42. The molecule has 0 saturated carbocycles. The van der Waals surface area contributed by atoms with Crippen molar-refractivity contribution < 1.29 is 9.84 Å². The van der Waals surface area contributed by atoms with Crippen LogP contribution in [0, 0.1) is 0 Å². The summed E-state index contributed by atoms with van der Waals surface area (Å²) in [7, 11) is 0. The van der Waals surface area contributed by atoms with Gasteiger partial charge < -0.3 is 9.84 Å². The summed E-state index contributed by atoms with van der Waals surface area (Å²) in [6.07, 6.45) is 1.81. The minimum atomic E-state index is 0.0114. The minimum absolute atomic E-state index is 0.0114. The Labute approximate surface area is 142 Å². The van der Waals surface area contributed by atoms with Gasteiger partial charge in [0.15, 0.2) is 0 Å². The average molecular weight is 350 g/mol. The lowest BCUT2D eigenvalue weighted by Crippen LogP contribution is -2.46. The van der Waals surface area contributed by atoms with E-state index >= 15 is 0 Å². The Balaban J connectivity index is 1.79. The summed E-state index contributed by atoms with van der Waals surface area (Å²) in [5, 5.41) is 16.8. The summed E-state index contributed by atoms with van der Waals surface area (Å²) in [6, 6.07) is 4.18. The molecule has 8 heteroatoms. The molecule has 4 heterocycles. The van der Waals surface area contributed by atoms with E-state index in [2.05, 4.69) is 40.3 Å². The molecule has 4 rings (SSSR count). The van der Waals surface area contributed by atoms with Crippen molar-refractivity contribution in [2.75, 3.05) is 13.1 Å². The van der Waals surface area contributed by atoms with E-state index < -0.39 is 0 Å². The van der Waals surface area contributed by atoms with Gasteiger partial charge in [-0.2, -0.15) is 9.61 Å². The van der Waals surface area contributed by atoms with Crippen LogP contribution in [0.2, 0.25) is 0 Å². The van der Waals surface area contributed by atoms with Crippen LogP contribution in [-0.2, 0) is 4.74 Å². The zero-order valence-corrected chi connectivity index (χ0v) is 14.5. The standard InChI is InChI=1S/C15H18N4O2S2/c1-9-6-18(7-10(2)21-9)12(11-4-3-5-22-11)13-14(20)19-15(23-13)16-8-17-19/h3-5,8-10,12,20H,6-7H2,1-2H3/t9-,10+,12-/m1/s1. The molecule has 122 valence electrons. The molecule has 0 bridgehead atoms. The molecule has 0 radical (unpaired) electrons. The third-order valence-corrected chi connectivity index (χ3v) is 6.02. The maximum atomic E-state index is 10.6. The predicted molar refractivity (Wildman–Crippen MR) is 90.3 cm³/mol. The number of ether oxygens (including phenoxy) is 1. The SMILES string of the molecule is C[C@@H]1CN([C@H](c2cccs2)c2sc3ncnn3c2O)C[C@H](C)O1. The Bertz CT molecular complexity index is 788. The molecule has 0 spiro atoms. The van der Waals surface area contributed by atoms with Gasteiger partial charge in [0.1, 0.15) is 6.33 Å². The van der Waals surface area contributed by atoms with Crippen molar-refractivity contribution >= 4 is 27.6 Å². The van der Waals surface area contributed by atoms with E-state index in [1.165, 1.54) is 27.1 Å². The Hall–Kier alpha value is -1.48. The third-order valence-electron chi connectivity index (χ3n) is 4.01.